The van der Waals surface area contributed by atoms with Gasteiger partial charge in [-0.2, -0.15) is 0 Å². The second kappa shape index (κ2) is 7.32. The lowest BCUT2D eigenvalue weighted by Gasteiger charge is -2.35. The molecule has 21 heavy (non-hydrogen) atoms. The standard InChI is InChI=1S/C17H29N3O/c1-5-18-13(3)15-12-19-16(20-14(15)4)17(21-6-2)10-8-7-9-11-17/h12-13,18H,5-11H2,1-4H3. The summed E-state index contributed by atoms with van der Waals surface area (Å²) in [6, 6.07) is 0.290. The van der Waals surface area contributed by atoms with Crippen molar-refractivity contribution in [2.75, 3.05) is 13.2 Å². The summed E-state index contributed by atoms with van der Waals surface area (Å²) in [5.41, 5.74) is 2.00. The Hall–Kier alpha value is -1.00. The Kier molecular flexibility index (Phi) is 5.71. The van der Waals surface area contributed by atoms with Crippen molar-refractivity contribution in [1.82, 2.24) is 15.3 Å². The van der Waals surface area contributed by atoms with Gasteiger partial charge in [-0.3, -0.25) is 0 Å². The van der Waals surface area contributed by atoms with Crippen molar-refractivity contribution in [3.63, 3.8) is 0 Å². The molecule has 1 heterocycles. The van der Waals surface area contributed by atoms with Crippen LogP contribution in [-0.4, -0.2) is 23.1 Å². The van der Waals surface area contributed by atoms with Gasteiger partial charge in [-0.15, -0.1) is 0 Å². The van der Waals surface area contributed by atoms with Crippen LogP contribution in [0.3, 0.4) is 0 Å². The molecular weight excluding hydrogens is 262 g/mol. The van der Waals surface area contributed by atoms with Gasteiger partial charge in [0.2, 0.25) is 0 Å². The minimum Gasteiger partial charge on any atom is -0.367 e. The highest BCUT2D eigenvalue weighted by Crippen LogP contribution is 2.39. The fourth-order valence-electron chi connectivity index (χ4n) is 3.37. The van der Waals surface area contributed by atoms with E-state index in [1.54, 1.807) is 0 Å². The highest BCUT2D eigenvalue weighted by Gasteiger charge is 2.37. The maximum absolute atomic E-state index is 6.12. The second-order valence-electron chi connectivity index (χ2n) is 6.00. The average Bonchev–Trinajstić information content (AvgIpc) is 2.48. The van der Waals surface area contributed by atoms with E-state index in [9.17, 15) is 0 Å². The molecule has 1 N–H and O–H groups in total. The third-order valence-corrected chi connectivity index (χ3v) is 4.48. The summed E-state index contributed by atoms with van der Waals surface area (Å²) in [5, 5.41) is 3.43. The van der Waals surface area contributed by atoms with E-state index in [0.717, 1.165) is 37.5 Å². The Morgan fingerprint density at radius 2 is 2.00 bits per heavy atom. The van der Waals surface area contributed by atoms with Gasteiger partial charge in [-0.1, -0.05) is 26.2 Å². The number of nitrogens with zero attached hydrogens (tertiary/aromatic N) is 2. The zero-order valence-corrected chi connectivity index (χ0v) is 13.9. The van der Waals surface area contributed by atoms with E-state index in [2.05, 4.69) is 38.0 Å². The average molecular weight is 291 g/mol. The molecule has 0 amide bonds. The van der Waals surface area contributed by atoms with E-state index in [1.165, 1.54) is 24.8 Å². The van der Waals surface area contributed by atoms with E-state index in [-0.39, 0.29) is 5.60 Å². The fraction of sp³-hybridized carbons (Fsp3) is 0.765. The third kappa shape index (κ3) is 3.61. The third-order valence-electron chi connectivity index (χ3n) is 4.48. The predicted octanol–water partition coefficient (Wildman–Crippen LogP) is 3.65. The van der Waals surface area contributed by atoms with Gasteiger partial charge in [-0.05, 0) is 40.2 Å². The van der Waals surface area contributed by atoms with Crippen molar-refractivity contribution in [2.45, 2.75) is 71.4 Å². The van der Waals surface area contributed by atoms with E-state index < -0.39 is 0 Å². The lowest BCUT2D eigenvalue weighted by Crippen LogP contribution is -2.35. The molecule has 0 spiro atoms. The normalized spacial score (nSPS) is 19.4. The van der Waals surface area contributed by atoms with Crippen molar-refractivity contribution in [3.05, 3.63) is 23.3 Å². The molecule has 1 aliphatic carbocycles. The van der Waals surface area contributed by atoms with Crippen molar-refractivity contribution >= 4 is 0 Å². The van der Waals surface area contributed by atoms with Crippen molar-refractivity contribution in [2.24, 2.45) is 0 Å². The van der Waals surface area contributed by atoms with E-state index in [0.29, 0.717) is 6.04 Å². The Morgan fingerprint density at radius 1 is 1.29 bits per heavy atom. The van der Waals surface area contributed by atoms with Crippen LogP contribution >= 0.6 is 0 Å². The molecule has 1 aromatic rings. The van der Waals surface area contributed by atoms with Crippen LogP contribution in [0, 0.1) is 6.92 Å². The molecule has 0 bridgehead atoms. The zero-order chi connectivity index (χ0) is 15.3. The summed E-state index contributed by atoms with van der Waals surface area (Å²) in [5.74, 6) is 0.883. The van der Waals surface area contributed by atoms with Crippen LogP contribution < -0.4 is 5.32 Å². The highest BCUT2D eigenvalue weighted by atomic mass is 16.5. The Bertz CT molecular complexity index is 450. The molecule has 4 nitrogen and oxygen atoms in total. The topological polar surface area (TPSA) is 47.0 Å². The minimum atomic E-state index is -0.252. The maximum atomic E-state index is 6.12. The first-order chi connectivity index (χ1) is 10.1. The monoisotopic (exact) mass is 291 g/mol. The second-order valence-corrected chi connectivity index (χ2v) is 6.00. The van der Waals surface area contributed by atoms with Crippen LogP contribution in [0.5, 0.6) is 0 Å². The first-order valence-corrected chi connectivity index (χ1v) is 8.34. The Labute approximate surface area is 128 Å². The number of hydrogen-bond acceptors (Lipinski definition) is 4. The molecule has 1 atom stereocenters. The van der Waals surface area contributed by atoms with Gasteiger partial charge < -0.3 is 10.1 Å². The van der Waals surface area contributed by atoms with Crippen LogP contribution in [0.25, 0.3) is 0 Å². The zero-order valence-electron chi connectivity index (χ0n) is 13.9. The Morgan fingerprint density at radius 3 is 2.57 bits per heavy atom. The van der Waals surface area contributed by atoms with Gasteiger partial charge >= 0.3 is 0 Å². The van der Waals surface area contributed by atoms with Crippen LogP contribution in [0.1, 0.15) is 76.0 Å². The Balaban J connectivity index is 2.28. The molecule has 2 rings (SSSR count). The molecule has 1 saturated carbocycles. The van der Waals surface area contributed by atoms with E-state index >= 15 is 0 Å². The SMILES string of the molecule is CCNC(C)c1cnc(C2(OCC)CCCCC2)nc1C. The lowest BCUT2D eigenvalue weighted by molar-refractivity contribution is -0.0768. The van der Waals surface area contributed by atoms with Crippen molar-refractivity contribution in [3.8, 4) is 0 Å². The molecule has 4 heteroatoms. The van der Waals surface area contributed by atoms with Crippen LogP contribution in [0.2, 0.25) is 0 Å². The largest absolute Gasteiger partial charge is 0.367 e. The molecule has 0 saturated heterocycles. The molecule has 0 radical (unpaired) electrons. The van der Waals surface area contributed by atoms with Crippen molar-refractivity contribution in [1.29, 1.82) is 0 Å². The van der Waals surface area contributed by atoms with Gasteiger partial charge in [0.15, 0.2) is 5.82 Å². The predicted molar refractivity (Wildman–Crippen MR) is 85.2 cm³/mol. The van der Waals surface area contributed by atoms with Gasteiger partial charge in [0.1, 0.15) is 5.60 Å². The van der Waals surface area contributed by atoms with E-state index in [1.807, 2.05) is 6.20 Å². The summed E-state index contributed by atoms with van der Waals surface area (Å²) < 4.78 is 6.12. The first-order valence-electron chi connectivity index (χ1n) is 8.34. The van der Waals surface area contributed by atoms with Gasteiger partial charge in [0, 0.05) is 30.1 Å². The molecular formula is C17H29N3O. The van der Waals surface area contributed by atoms with Gasteiger partial charge in [0.25, 0.3) is 0 Å². The smallest absolute Gasteiger partial charge is 0.160 e. The highest BCUT2D eigenvalue weighted by molar-refractivity contribution is 5.22. The number of aromatic nitrogens is 2. The van der Waals surface area contributed by atoms with Gasteiger partial charge in [-0.25, -0.2) is 9.97 Å². The number of aryl methyl sites for hydroxylation is 1. The quantitative estimate of drug-likeness (QED) is 0.869. The number of nitrogens with one attached hydrogen (secondary N) is 1. The number of hydrogen-bond donors (Lipinski definition) is 1. The summed E-state index contributed by atoms with van der Waals surface area (Å²) in [7, 11) is 0. The maximum Gasteiger partial charge on any atom is 0.160 e. The summed E-state index contributed by atoms with van der Waals surface area (Å²) in [6.45, 7) is 10.1. The molecule has 0 aliphatic heterocycles. The molecule has 1 aliphatic rings. The summed E-state index contributed by atoms with van der Waals surface area (Å²) >= 11 is 0. The minimum absolute atomic E-state index is 0.252. The van der Waals surface area contributed by atoms with Crippen LogP contribution in [-0.2, 0) is 10.3 Å². The van der Waals surface area contributed by atoms with Crippen LogP contribution in [0.15, 0.2) is 6.20 Å². The molecule has 118 valence electrons. The number of ether oxygens (including phenoxy) is 1. The number of rotatable bonds is 6. The summed E-state index contributed by atoms with van der Waals surface area (Å²) in [6.07, 6.45) is 7.78. The summed E-state index contributed by atoms with van der Waals surface area (Å²) in [4.78, 5) is 9.50. The lowest BCUT2D eigenvalue weighted by atomic mass is 9.83. The first kappa shape index (κ1) is 16.4. The molecule has 1 fully saturated rings. The fourth-order valence-corrected chi connectivity index (χ4v) is 3.37. The van der Waals surface area contributed by atoms with Gasteiger partial charge in [0.05, 0.1) is 0 Å². The van der Waals surface area contributed by atoms with E-state index in [4.69, 9.17) is 9.72 Å². The van der Waals surface area contributed by atoms with Crippen molar-refractivity contribution < 1.29 is 4.74 Å². The van der Waals surface area contributed by atoms with Crippen LogP contribution in [0.4, 0.5) is 0 Å². The molecule has 0 aromatic carbocycles. The molecule has 1 unspecified atom stereocenters. The molecule has 1 aromatic heterocycles.